The van der Waals surface area contributed by atoms with Crippen molar-refractivity contribution in [3.05, 3.63) is 24.4 Å². The number of rotatable bonds is 3. The number of hydrogen-bond donors (Lipinski definition) is 2. The zero-order valence-electron chi connectivity index (χ0n) is 13.0. The van der Waals surface area contributed by atoms with Crippen LogP contribution in [0.1, 0.15) is 27.2 Å². The summed E-state index contributed by atoms with van der Waals surface area (Å²) < 4.78 is 0. The molecule has 1 aromatic heterocycles. The number of aromatic nitrogens is 2. The summed E-state index contributed by atoms with van der Waals surface area (Å²) in [6.45, 7) is 6.16. The van der Waals surface area contributed by atoms with Crippen LogP contribution in [-0.2, 0) is 9.59 Å². The molecule has 2 heterocycles. The predicted octanol–water partition coefficient (Wildman–Crippen LogP) is 2.15. The number of aromatic amines is 1. The van der Waals surface area contributed by atoms with E-state index in [2.05, 4.69) is 15.5 Å². The summed E-state index contributed by atoms with van der Waals surface area (Å²) >= 11 is 0. The van der Waals surface area contributed by atoms with Crippen molar-refractivity contribution >= 4 is 28.4 Å². The van der Waals surface area contributed by atoms with Gasteiger partial charge in [0.05, 0.1) is 11.7 Å². The maximum absolute atomic E-state index is 12.6. The second-order valence-corrected chi connectivity index (χ2v) is 6.29. The van der Waals surface area contributed by atoms with Gasteiger partial charge in [-0.15, -0.1) is 0 Å². The number of H-pyrrole nitrogens is 1. The quantitative estimate of drug-likeness (QED) is 0.911. The Bertz CT molecular complexity index is 737. The number of amides is 2. The van der Waals surface area contributed by atoms with Crippen LogP contribution in [0.2, 0.25) is 0 Å². The topological polar surface area (TPSA) is 78.1 Å². The number of nitrogens with one attached hydrogen (secondary N) is 2. The van der Waals surface area contributed by atoms with Gasteiger partial charge in [0.25, 0.3) is 0 Å². The van der Waals surface area contributed by atoms with E-state index in [-0.39, 0.29) is 17.7 Å². The molecule has 22 heavy (non-hydrogen) atoms. The molecule has 6 nitrogen and oxygen atoms in total. The standard InChI is InChI=1S/C16H20N4O2/c1-10(2)14(21)20-7-6-16(20,3)15(22)18-12-5-4-11-9-17-19-13(11)8-12/h4-5,8-10H,6-7H2,1-3H3,(H,17,19)(H,18,22). The Morgan fingerprint density at radius 3 is 2.82 bits per heavy atom. The van der Waals surface area contributed by atoms with Gasteiger partial charge >= 0.3 is 0 Å². The molecule has 2 aromatic rings. The van der Waals surface area contributed by atoms with Gasteiger partial charge in [-0.1, -0.05) is 13.8 Å². The van der Waals surface area contributed by atoms with E-state index in [9.17, 15) is 9.59 Å². The van der Waals surface area contributed by atoms with Gasteiger partial charge in [0.2, 0.25) is 11.8 Å². The van der Waals surface area contributed by atoms with Crippen molar-refractivity contribution in [3.8, 4) is 0 Å². The minimum absolute atomic E-state index is 0.0212. The van der Waals surface area contributed by atoms with Crippen LogP contribution in [0.25, 0.3) is 10.9 Å². The van der Waals surface area contributed by atoms with Crippen LogP contribution in [0.5, 0.6) is 0 Å². The number of nitrogens with zero attached hydrogens (tertiary/aromatic N) is 2. The fraction of sp³-hybridized carbons (Fsp3) is 0.438. The normalized spacial score (nSPS) is 21.0. The van der Waals surface area contributed by atoms with Crippen molar-refractivity contribution in [2.75, 3.05) is 11.9 Å². The molecule has 3 rings (SSSR count). The van der Waals surface area contributed by atoms with Gasteiger partial charge in [-0.2, -0.15) is 5.10 Å². The van der Waals surface area contributed by atoms with Crippen LogP contribution in [-0.4, -0.2) is 39.0 Å². The molecule has 0 saturated carbocycles. The summed E-state index contributed by atoms with van der Waals surface area (Å²) in [7, 11) is 0. The Labute approximate surface area is 128 Å². The van der Waals surface area contributed by atoms with Crippen molar-refractivity contribution in [2.45, 2.75) is 32.7 Å². The molecule has 0 spiro atoms. The monoisotopic (exact) mass is 300 g/mol. The molecular weight excluding hydrogens is 280 g/mol. The molecule has 1 atom stereocenters. The largest absolute Gasteiger partial charge is 0.328 e. The molecule has 1 unspecified atom stereocenters. The number of fused-ring (bicyclic) bond motifs is 1. The highest BCUT2D eigenvalue weighted by atomic mass is 16.2. The summed E-state index contributed by atoms with van der Waals surface area (Å²) in [6.07, 6.45) is 2.42. The molecule has 1 fully saturated rings. The molecule has 1 aliphatic rings. The maximum Gasteiger partial charge on any atom is 0.250 e. The first-order valence-electron chi connectivity index (χ1n) is 7.48. The van der Waals surface area contributed by atoms with Crippen molar-refractivity contribution in [3.63, 3.8) is 0 Å². The molecule has 1 aliphatic heterocycles. The van der Waals surface area contributed by atoms with Crippen molar-refractivity contribution in [2.24, 2.45) is 5.92 Å². The second-order valence-electron chi connectivity index (χ2n) is 6.29. The zero-order valence-corrected chi connectivity index (χ0v) is 13.0. The Morgan fingerprint density at radius 2 is 2.18 bits per heavy atom. The van der Waals surface area contributed by atoms with Crippen molar-refractivity contribution in [1.82, 2.24) is 15.1 Å². The molecule has 0 radical (unpaired) electrons. The van der Waals surface area contributed by atoms with E-state index in [4.69, 9.17) is 0 Å². The fourth-order valence-corrected chi connectivity index (χ4v) is 2.74. The van der Waals surface area contributed by atoms with E-state index >= 15 is 0 Å². The highest BCUT2D eigenvalue weighted by Gasteiger charge is 2.49. The van der Waals surface area contributed by atoms with Gasteiger partial charge in [-0.3, -0.25) is 14.7 Å². The first-order chi connectivity index (χ1) is 10.4. The third-order valence-corrected chi connectivity index (χ3v) is 4.37. The molecule has 1 aromatic carbocycles. The summed E-state index contributed by atoms with van der Waals surface area (Å²) in [4.78, 5) is 26.4. The number of carbonyl (C=O) groups excluding carboxylic acids is 2. The Kier molecular flexibility index (Phi) is 3.39. The van der Waals surface area contributed by atoms with Gasteiger partial charge in [0, 0.05) is 23.5 Å². The molecule has 0 bridgehead atoms. The smallest absolute Gasteiger partial charge is 0.250 e. The number of carbonyl (C=O) groups is 2. The number of likely N-dealkylation sites (tertiary alicyclic amines) is 1. The molecule has 0 aliphatic carbocycles. The second kappa shape index (κ2) is 5.12. The summed E-state index contributed by atoms with van der Waals surface area (Å²) in [5.41, 5.74) is 0.808. The van der Waals surface area contributed by atoms with E-state index < -0.39 is 5.54 Å². The number of anilines is 1. The predicted molar refractivity (Wildman–Crippen MR) is 84.3 cm³/mol. The summed E-state index contributed by atoms with van der Waals surface area (Å²) in [6, 6.07) is 5.58. The minimum atomic E-state index is -0.760. The van der Waals surface area contributed by atoms with Crippen molar-refractivity contribution < 1.29 is 9.59 Å². The lowest BCUT2D eigenvalue weighted by Crippen LogP contribution is -2.66. The van der Waals surface area contributed by atoms with Crippen LogP contribution in [0.4, 0.5) is 5.69 Å². The summed E-state index contributed by atoms with van der Waals surface area (Å²) in [5.74, 6) is -0.228. The molecule has 2 amide bonds. The van der Waals surface area contributed by atoms with Gasteiger partial charge < -0.3 is 10.2 Å². The minimum Gasteiger partial charge on any atom is -0.328 e. The zero-order chi connectivity index (χ0) is 15.9. The van der Waals surface area contributed by atoms with Crippen LogP contribution in [0.15, 0.2) is 24.4 Å². The van der Waals surface area contributed by atoms with E-state index in [1.165, 1.54) is 0 Å². The van der Waals surface area contributed by atoms with Gasteiger partial charge in [-0.25, -0.2) is 0 Å². The summed E-state index contributed by atoms with van der Waals surface area (Å²) in [5, 5.41) is 10.7. The average Bonchev–Trinajstić information content (AvgIpc) is 2.92. The maximum atomic E-state index is 12.6. The third-order valence-electron chi connectivity index (χ3n) is 4.37. The Morgan fingerprint density at radius 1 is 1.41 bits per heavy atom. The lowest BCUT2D eigenvalue weighted by atomic mass is 9.84. The SMILES string of the molecule is CC(C)C(=O)N1CCC1(C)C(=O)Nc1ccc2cn[nH]c2c1. The van der Waals surface area contributed by atoms with E-state index in [0.29, 0.717) is 18.7 Å². The number of hydrogen-bond acceptors (Lipinski definition) is 3. The first-order valence-corrected chi connectivity index (χ1v) is 7.48. The third kappa shape index (κ3) is 2.24. The van der Waals surface area contributed by atoms with Crippen LogP contribution < -0.4 is 5.32 Å². The van der Waals surface area contributed by atoms with Gasteiger partial charge in [0.1, 0.15) is 5.54 Å². The lowest BCUT2D eigenvalue weighted by molar-refractivity contribution is -0.157. The van der Waals surface area contributed by atoms with Gasteiger partial charge in [0.15, 0.2) is 0 Å². The first kappa shape index (κ1) is 14.6. The van der Waals surface area contributed by atoms with Crippen LogP contribution in [0, 0.1) is 5.92 Å². The Hall–Kier alpha value is -2.37. The van der Waals surface area contributed by atoms with E-state index in [1.54, 1.807) is 11.1 Å². The molecule has 1 saturated heterocycles. The molecular formula is C16H20N4O2. The molecule has 2 N–H and O–H groups in total. The van der Waals surface area contributed by atoms with Crippen LogP contribution >= 0.6 is 0 Å². The fourth-order valence-electron chi connectivity index (χ4n) is 2.74. The Balaban J connectivity index is 1.77. The lowest BCUT2D eigenvalue weighted by Gasteiger charge is -2.49. The number of benzene rings is 1. The highest BCUT2D eigenvalue weighted by Crippen LogP contribution is 2.33. The highest BCUT2D eigenvalue weighted by molar-refractivity contribution is 6.02. The van der Waals surface area contributed by atoms with E-state index in [1.807, 2.05) is 39.0 Å². The average molecular weight is 300 g/mol. The van der Waals surface area contributed by atoms with Crippen molar-refractivity contribution in [1.29, 1.82) is 0 Å². The molecule has 116 valence electrons. The molecule has 6 heteroatoms. The van der Waals surface area contributed by atoms with Crippen LogP contribution in [0.3, 0.4) is 0 Å². The van der Waals surface area contributed by atoms with E-state index in [0.717, 1.165) is 10.9 Å². The van der Waals surface area contributed by atoms with Gasteiger partial charge in [-0.05, 0) is 31.5 Å².